The molecule has 0 amide bonds. The van der Waals surface area contributed by atoms with E-state index < -0.39 is 0 Å². The van der Waals surface area contributed by atoms with Gasteiger partial charge in [-0.05, 0) is 44.0 Å². The Morgan fingerprint density at radius 1 is 1.32 bits per heavy atom. The molecule has 19 heavy (non-hydrogen) atoms. The Bertz CT molecular complexity index is 575. The predicted octanol–water partition coefficient (Wildman–Crippen LogP) is 2.52. The van der Waals surface area contributed by atoms with Gasteiger partial charge in [0.15, 0.2) is 0 Å². The van der Waals surface area contributed by atoms with Crippen LogP contribution in [0.1, 0.15) is 28.6 Å². The zero-order valence-electron chi connectivity index (χ0n) is 12.0. The lowest BCUT2D eigenvalue weighted by atomic mass is 10.1. The maximum absolute atomic E-state index is 6.26. The Kier molecular flexibility index (Phi) is 3.90. The molecule has 1 aromatic carbocycles. The van der Waals surface area contributed by atoms with Gasteiger partial charge in [0.2, 0.25) is 0 Å². The van der Waals surface area contributed by atoms with Crippen LogP contribution in [0.3, 0.4) is 0 Å². The molecule has 1 unspecified atom stereocenters. The van der Waals surface area contributed by atoms with Crippen LogP contribution in [0.4, 0.5) is 0 Å². The third kappa shape index (κ3) is 2.79. The second-order valence-electron chi connectivity index (χ2n) is 4.86. The van der Waals surface area contributed by atoms with Gasteiger partial charge in [-0.2, -0.15) is 5.10 Å². The highest BCUT2D eigenvalue weighted by atomic mass is 16.5. The fourth-order valence-electron chi connectivity index (χ4n) is 2.13. The average Bonchev–Trinajstić information content (AvgIpc) is 2.66. The van der Waals surface area contributed by atoms with Crippen LogP contribution in [0.2, 0.25) is 0 Å². The quantitative estimate of drug-likeness (QED) is 0.918. The molecule has 0 fully saturated rings. The molecule has 4 heteroatoms. The molecule has 4 nitrogen and oxygen atoms in total. The van der Waals surface area contributed by atoms with Gasteiger partial charge in [-0.3, -0.25) is 4.68 Å². The Morgan fingerprint density at radius 2 is 2.05 bits per heavy atom. The summed E-state index contributed by atoms with van der Waals surface area (Å²) >= 11 is 0. The first-order valence-electron chi connectivity index (χ1n) is 6.43. The number of rotatable bonds is 4. The van der Waals surface area contributed by atoms with Crippen LogP contribution in [0.25, 0.3) is 0 Å². The minimum atomic E-state index is -0.0903. The van der Waals surface area contributed by atoms with Gasteiger partial charge in [-0.15, -0.1) is 0 Å². The first-order valence-corrected chi connectivity index (χ1v) is 6.43. The van der Waals surface area contributed by atoms with E-state index in [1.54, 1.807) is 7.11 Å². The summed E-state index contributed by atoms with van der Waals surface area (Å²) in [5, 5.41) is 4.52. The first kappa shape index (κ1) is 13.6. The van der Waals surface area contributed by atoms with Crippen LogP contribution in [0, 0.1) is 20.8 Å². The zero-order valence-corrected chi connectivity index (χ0v) is 12.0. The van der Waals surface area contributed by atoms with Crippen molar-refractivity contribution in [3.8, 4) is 5.75 Å². The molecule has 0 aliphatic rings. The second kappa shape index (κ2) is 5.45. The van der Waals surface area contributed by atoms with Crippen molar-refractivity contribution in [2.24, 2.45) is 5.73 Å². The molecular weight excluding hydrogens is 238 g/mol. The molecule has 2 N–H and O–H groups in total. The molecule has 1 heterocycles. The lowest BCUT2D eigenvalue weighted by Gasteiger charge is -2.14. The van der Waals surface area contributed by atoms with Crippen molar-refractivity contribution >= 4 is 0 Å². The Balaban J connectivity index is 2.20. The number of methoxy groups -OCH3 is 1. The fourth-order valence-corrected chi connectivity index (χ4v) is 2.13. The van der Waals surface area contributed by atoms with E-state index >= 15 is 0 Å². The highest BCUT2D eigenvalue weighted by molar-refractivity contribution is 5.30. The topological polar surface area (TPSA) is 53.1 Å². The zero-order chi connectivity index (χ0) is 14.0. The molecule has 0 bridgehead atoms. The molecule has 102 valence electrons. The molecule has 1 aromatic heterocycles. The number of aromatic nitrogens is 2. The number of hydrogen-bond donors (Lipinski definition) is 1. The smallest absolute Gasteiger partial charge is 0.119 e. The van der Waals surface area contributed by atoms with E-state index in [1.807, 2.05) is 35.9 Å². The van der Waals surface area contributed by atoms with Gasteiger partial charge in [0.05, 0.1) is 19.3 Å². The van der Waals surface area contributed by atoms with E-state index in [2.05, 4.69) is 18.9 Å². The highest BCUT2D eigenvalue weighted by Gasteiger charge is 2.12. The van der Waals surface area contributed by atoms with Gasteiger partial charge in [0, 0.05) is 11.7 Å². The van der Waals surface area contributed by atoms with E-state index in [9.17, 15) is 0 Å². The Hall–Kier alpha value is -1.81. The van der Waals surface area contributed by atoms with Gasteiger partial charge >= 0.3 is 0 Å². The minimum absolute atomic E-state index is 0.0903. The summed E-state index contributed by atoms with van der Waals surface area (Å²) in [4.78, 5) is 0. The van der Waals surface area contributed by atoms with Crippen LogP contribution in [0.15, 0.2) is 24.3 Å². The minimum Gasteiger partial charge on any atom is -0.497 e. The number of aryl methyl sites for hydroxylation is 1. The molecular formula is C15H21N3O. The first-order chi connectivity index (χ1) is 9.02. The summed E-state index contributed by atoms with van der Waals surface area (Å²) in [5.74, 6) is 0.831. The number of hydrogen-bond acceptors (Lipinski definition) is 3. The van der Waals surface area contributed by atoms with Crippen LogP contribution >= 0.6 is 0 Å². The Morgan fingerprint density at radius 3 is 2.63 bits per heavy atom. The van der Waals surface area contributed by atoms with Gasteiger partial charge in [-0.25, -0.2) is 0 Å². The van der Waals surface area contributed by atoms with Crippen molar-refractivity contribution < 1.29 is 4.74 Å². The molecule has 0 radical (unpaired) electrons. The molecule has 1 atom stereocenters. The number of ether oxygens (including phenoxy) is 1. The summed E-state index contributed by atoms with van der Waals surface area (Å²) in [6.45, 7) is 6.86. The van der Waals surface area contributed by atoms with Crippen LogP contribution < -0.4 is 10.5 Å². The number of benzene rings is 1. The molecule has 2 aromatic rings. The van der Waals surface area contributed by atoms with Gasteiger partial charge in [-0.1, -0.05) is 12.1 Å². The summed E-state index contributed by atoms with van der Waals surface area (Å²) < 4.78 is 7.21. The van der Waals surface area contributed by atoms with Crippen molar-refractivity contribution in [2.45, 2.75) is 33.4 Å². The molecule has 0 saturated heterocycles. The summed E-state index contributed by atoms with van der Waals surface area (Å²) in [5.41, 5.74) is 10.8. The van der Waals surface area contributed by atoms with Gasteiger partial charge in [0.25, 0.3) is 0 Å². The normalized spacial score (nSPS) is 12.5. The fraction of sp³-hybridized carbons (Fsp3) is 0.400. The lowest BCUT2D eigenvalue weighted by molar-refractivity contribution is 0.413. The maximum Gasteiger partial charge on any atom is 0.119 e. The molecule has 2 rings (SSSR count). The average molecular weight is 259 g/mol. The molecule has 0 saturated carbocycles. The Labute approximate surface area is 114 Å². The van der Waals surface area contributed by atoms with Crippen molar-refractivity contribution in [3.05, 3.63) is 46.8 Å². The van der Waals surface area contributed by atoms with E-state index in [1.165, 1.54) is 11.3 Å². The summed E-state index contributed by atoms with van der Waals surface area (Å²) in [7, 11) is 1.66. The third-order valence-electron chi connectivity index (χ3n) is 3.63. The highest BCUT2D eigenvalue weighted by Crippen LogP contribution is 2.20. The van der Waals surface area contributed by atoms with Crippen molar-refractivity contribution in [1.29, 1.82) is 0 Å². The van der Waals surface area contributed by atoms with Crippen LogP contribution in [-0.2, 0) is 6.54 Å². The number of nitrogens with two attached hydrogens (primary N) is 1. The standard InChI is InChI=1S/C15H21N3O/c1-10-11(2)17-18(12(10)3)9-15(16)13-6-5-7-14(8-13)19-4/h5-8,15H,9,16H2,1-4H3. The maximum atomic E-state index is 6.26. The van der Waals surface area contributed by atoms with E-state index in [4.69, 9.17) is 10.5 Å². The molecule has 0 aliphatic heterocycles. The van der Waals surface area contributed by atoms with E-state index in [0.717, 1.165) is 17.0 Å². The van der Waals surface area contributed by atoms with Crippen LogP contribution in [0.5, 0.6) is 5.75 Å². The van der Waals surface area contributed by atoms with Gasteiger partial charge in [0.1, 0.15) is 5.75 Å². The van der Waals surface area contributed by atoms with Gasteiger partial charge < -0.3 is 10.5 Å². The summed E-state index contributed by atoms with van der Waals surface area (Å²) in [6, 6.07) is 7.78. The SMILES string of the molecule is COc1cccc(C(N)Cn2nc(C)c(C)c2C)c1. The van der Waals surface area contributed by atoms with E-state index in [0.29, 0.717) is 6.54 Å². The van der Waals surface area contributed by atoms with Crippen molar-refractivity contribution in [3.63, 3.8) is 0 Å². The summed E-state index contributed by atoms with van der Waals surface area (Å²) in [6.07, 6.45) is 0. The predicted molar refractivity (Wildman–Crippen MR) is 76.4 cm³/mol. The number of nitrogens with zero attached hydrogens (tertiary/aromatic N) is 2. The lowest BCUT2D eigenvalue weighted by Crippen LogP contribution is -2.19. The molecule has 0 spiro atoms. The molecule has 0 aliphatic carbocycles. The second-order valence-corrected chi connectivity index (χ2v) is 4.86. The third-order valence-corrected chi connectivity index (χ3v) is 3.63. The van der Waals surface area contributed by atoms with Crippen molar-refractivity contribution in [1.82, 2.24) is 9.78 Å². The van der Waals surface area contributed by atoms with E-state index in [-0.39, 0.29) is 6.04 Å². The van der Waals surface area contributed by atoms with Crippen molar-refractivity contribution in [2.75, 3.05) is 7.11 Å². The van der Waals surface area contributed by atoms with Crippen LogP contribution in [-0.4, -0.2) is 16.9 Å². The monoisotopic (exact) mass is 259 g/mol. The largest absolute Gasteiger partial charge is 0.497 e.